The topological polar surface area (TPSA) is 12.9 Å². The van der Waals surface area contributed by atoms with Crippen molar-refractivity contribution in [2.45, 2.75) is 17.4 Å². The Morgan fingerprint density at radius 3 is 2.11 bits per heavy atom. The molecule has 0 N–H and O–H groups in total. The van der Waals surface area contributed by atoms with Crippen molar-refractivity contribution in [1.82, 2.24) is 4.98 Å². The summed E-state index contributed by atoms with van der Waals surface area (Å²) >= 11 is 3.53. The molecule has 0 amide bonds. The molecule has 1 heterocycles. The minimum Gasteiger partial charge on any atom is -0.265 e. The second-order valence-corrected chi connectivity index (χ2v) is 5.25. The Morgan fingerprint density at radius 1 is 1.00 bits per heavy atom. The first-order valence-electron chi connectivity index (χ1n) is 5.67. The summed E-state index contributed by atoms with van der Waals surface area (Å²) in [6.07, 6.45) is -0.272. The van der Waals surface area contributed by atoms with E-state index >= 15 is 0 Å². The van der Waals surface area contributed by atoms with Crippen LogP contribution in [0, 0.1) is 0 Å². The van der Waals surface area contributed by atoms with Crippen LogP contribution in [0.2, 0.25) is 0 Å². The molecule has 0 bridgehead atoms. The highest BCUT2D eigenvalue weighted by Crippen LogP contribution is 2.31. The first-order chi connectivity index (χ1) is 8.97. The molecule has 0 aliphatic carbocycles. The van der Waals surface area contributed by atoms with Crippen molar-refractivity contribution in [1.29, 1.82) is 0 Å². The summed E-state index contributed by atoms with van der Waals surface area (Å²) in [7, 11) is 0. The fraction of sp³-hybridized carbons (Fsp3) is 0.214. The molecule has 1 aromatic carbocycles. The first kappa shape index (κ1) is 14.1. The Labute approximate surface area is 117 Å². The predicted octanol–water partition coefficient (Wildman–Crippen LogP) is 4.78. The van der Waals surface area contributed by atoms with Crippen LogP contribution in [0.25, 0.3) is 0 Å². The quantitative estimate of drug-likeness (QED) is 0.738. The van der Waals surface area contributed by atoms with Crippen LogP contribution in [0.1, 0.15) is 21.5 Å². The van der Waals surface area contributed by atoms with Crippen LogP contribution in [0.4, 0.5) is 13.2 Å². The molecule has 1 atom stereocenters. The number of hydrogen-bond acceptors (Lipinski definition) is 1. The fourth-order valence-corrected chi connectivity index (χ4v) is 2.41. The van der Waals surface area contributed by atoms with E-state index in [2.05, 4.69) is 20.9 Å². The number of aromatic nitrogens is 1. The Hall–Kier alpha value is -1.36. The van der Waals surface area contributed by atoms with E-state index in [-0.39, 0.29) is 4.83 Å². The maximum absolute atomic E-state index is 12.4. The maximum atomic E-state index is 12.4. The van der Waals surface area contributed by atoms with Crippen LogP contribution >= 0.6 is 15.9 Å². The zero-order valence-electron chi connectivity index (χ0n) is 9.86. The molecule has 1 aromatic heterocycles. The van der Waals surface area contributed by atoms with Crippen molar-refractivity contribution in [2.75, 3.05) is 0 Å². The molecule has 0 radical (unpaired) electrons. The molecule has 0 spiro atoms. The number of rotatable bonds is 3. The number of halogens is 4. The van der Waals surface area contributed by atoms with Gasteiger partial charge >= 0.3 is 6.18 Å². The van der Waals surface area contributed by atoms with E-state index in [0.29, 0.717) is 6.42 Å². The second kappa shape index (κ2) is 5.74. The van der Waals surface area contributed by atoms with E-state index in [1.807, 2.05) is 12.1 Å². The SMILES string of the molecule is FC(F)(F)c1ccc(CC(Br)c2ccncc2)cc1. The average Bonchev–Trinajstić information content (AvgIpc) is 2.39. The molecule has 5 heteroatoms. The van der Waals surface area contributed by atoms with Gasteiger partial charge in [0.1, 0.15) is 0 Å². The molecule has 0 saturated heterocycles. The van der Waals surface area contributed by atoms with Crippen LogP contribution in [0.15, 0.2) is 48.8 Å². The van der Waals surface area contributed by atoms with Gasteiger partial charge in [-0.2, -0.15) is 13.2 Å². The average molecular weight is 330 g/mol. The number of nitrogens with zero attached hydrogens (tertiary/aromatic N) is 1. The Balaban J connectivity index is 2.08. The van der Waals surface area contributed by atoms with Crippen molar-refractivity contribution in [3.8, 4) is 0 Å². The smallest absolute Gasteiger partial charge is 0.265 e. The summed E-state index contributed by atoms with van der Waals surface area (Å²) in [5, 5.41) is 0. The van der Waals surface area contributed by atoms with E-state index in [1.54, 1.807) is 12.4 Å². The van der Waals surface area contributed by atoms with E-state index in [1.165, 1.54) is 12.1 Å². The Morgan fingerprint density at radius 2 is 1.58 bits per heavy atom. The Kier molecular flexibility index (Phi) is 4.24. The zero-order valence-corrected chi connectivity index (χ0v) is 11.4. The highest BCUT2D eigenvalue weighted by Gasteiger charge is 2.29. The van der Waals surface area contributed by atoms with Crippen molar-refractivity contribution in [3.05, 3.63) is 65.5 Å². The maximum Gasteiger partial charge on any atom is 0.416 e. The molecular formula is C14H11BrF3N. The van der Waals surface area contributed by atoms with E-state index in [0.717, 1.165) is 23.3 Å². The van der Waals surface area contributed by atoms with Gasteiger partial charge < -0.3 is 0 Å². The third-order valence-corrected chi connectivity index (χ3v) is 3.62. The molecular weight excluding hydrogens is 319 g/mol. The highest BCUT2D eigenvalue weighted by atomic mass is 79.9. The predicted molar refractivity (Wildman–Crippen MR) is 71.1 cm³/mol. The van der Waals surface area contributed by atoms with Crippen LogP contribution in [0.5, 0.6) is 0 Å². The third kappa shape index (κ3) is 3.80. The van der Waals surface area contributed by atoms with E-state index in [4.69, 9.17) is 0 Å². The summed E-state index contributed by atoms with van der Waals surface area (Å²) in [5.74, 6) is 0. The summed E-state index contributed by atoms with van der Waals surface area (Å²) in [4.78, 5) is 3.99. The van der Waals surface area contributed by atoms with Gasteiger partial charge in [-0.15, -0.1) is 0 Å². The summed E-state index contributed by atoms with van der Waals surface area (Å²) in [6.45, 7) is 0. The second-order valence-electron chi connectivity index (χ2n) is 4.15. The van der Waals surface area contributed by atoms with Crippen molar-refractivity contribution >= 4 is 15.9 Å². The zero-order chi connectivity index (χ0) is 13.9. The van der Waals surface area contributed by atoms with Crippen LogP contribution in [-0.4, -0.2) is 4.98 Å². The molecule has 2 aromatic rings. The molecule has 0 aliphatic heterocycles. The minimum absolute atomic E-state index is 0.0623. The van der Waals surface area contributed by atoms with Crippen LogP contribution in [0.3, 0.4) is 0 Å². The monoisotopic (exact) mass is 329 g/mol. The molecule has 1 nitrogen and oxygen atoms in total. The number of benzene rings is 1. The number of hydrogen-bond donors (Lipinski definition) is 0. The Bertz CT molecular complexity index is 523. The summed E-state index contributed by atoms with van der Waals surface area (Å²) < 4.78 is 37.3. The lowest BCUT2D eigenvalue weighted by molar-refractivity contribution is -0.137. The van der Waals surface area contributed by atoms with Gasteiger partial charge in [-0.3, -0.25) is 4.98 Å². The van der Waals surface area contributed by atoms with Crippen molar-refractivity contribution in [3.63, 3.8) is 0 Å². The lowest BCUT2D eigenvalue weighted by Crippen LogP contribution is -2.05. The highest BCUT2D eigenvalue weighted by molar-refractivity contribution is 9.09. The van der Waals surface area contributed by atoms with Gasteiger partial charge in [0.15, 0.2) is 0 Å². The van der Waals surface area contributed by atoms with Crippen LogP contribution < -0.4 is 0 Å². The van der Waals surface area contributed by atoms with Crippen LogP contribution in [-0.2, 0) is 12.6 Å². The molecule has 1 unspecified atom stereocenters. The lowest BCUT2D eigenvalue weighted by Gasteiger charge is -2.11. The number of alkyl halides is 4. The van der Waals surface area contributed by atoms with Gasteiger partial charge in [-0.05, 0) is 41.8 Å². The van der Waals surface area contributed by atoms with Gasteiger partial charge in [0.05, 0.1) is 5.56 Å². The molecule has 0 saturated carbocycles. The molecule has 0 aliphatic rings. The van der Waals surface area contributed by atoms with Crippen molar-refractivity contribution in [2.24, 2.45) is 0 Å². The molecule has 19 heavy (non-hydrogen) atoms. The minimum atomic E-state index is -4.28. The normalized spacial score (nSPS) is 13.3. The summed E-state index contributed by atoms with van der Waals surface area (Å²) in [5.41, 5.74) is 1.29. The van der Waals surface area contributed by atoms with Gasteiger partial charge in [0.25, 0.3) is 0 Å². The molecule has 2 rings (SSSR count). The van der Waals surface area contributed by atoms with E-state index < -0.39 is 11.7 Å². The lowest BCUT2D eigenvalue weighted by atomic mass is 10.0. The van der Waals surface area contributed by atoms with Gasteiger partial charge in [0.2, 0.25) is 0 Å². The number of pyridine rings is 1. The molecule has 0 fully saturated rings. The van der Waals surface area contributed by atoms with Gasteiger partial charge in [0, 0.05) is 17.2 Å². The fourth-order valence-electron chi connectivity index (χ4n) is 1.73. The van der Waals surface area contributed by atoms with E-state index in [9.17, 15) is 13.2 Å². The molecule has 100 valence electrons. The van der Waals surface area contributed by atoms with Crippen molar-refractivity contribution < 1.29 is 13.2 Å². The van der Waals surface area contributed by atoms with Gasteiger partial charge in [-0.25, -0.2) is 0 Å². The largest absolute Gasteiger partial charge is 0.416 e. The summed E-state index contributed by atoms with van der Waals surface area (Å²) in [6, 6.07) is 9.01. The van der Waals surface area contributed by atoms with Gasteiger partial charge in [-0.1, -0.05) is 28.1 Å². The standard InChI is InChI=1S/C14H11BrF3N/c15-13(11-5-7-19-8-6-11)9-10-1-3-12(4-2-10)14(16,17)18/h1-8,13H,9H2. The third-order valence-electron chi connectivity index (χ3n) is 2.76. The first-order valence-corrected chi connectivity index (χ1v) is 6.58.